The van der Waals surface area contributed by atoms with Gasteiger partial charge in [-0.15, -0.1) is 0 Å². The molecule has 1 amide bonds. The Morgan fingerprint density at radius 2 is 1.69 bits per heavy atom. The fourth-order valence-corrected chi connectivity index (χ4v) is 3.02. The van der Waals surface area contributed by atoms with E-state index in [2.05, 4.69) is 41.0 Å². The fourth-order valence-electron chi connectivity index (χ4n) is 3.02. The number of anilines is 2. The number of pyridine rings is 1. The van der Waals surface area contributed by atoms with Gasteiger partial charge >= 0.3 is 0 Å². The molecule has 0 unspecified atom stereocenters. The van der Waals surface area contributed by atoms with Gasteiger partial charge in [-0.25, -0.2) is 9.97 Å². The summed E-state index contributed by atoms with van der Waals surface area (Å²) in [5.74, 6) is 0.374. The monoisotopic (exact) mass is 389 g/mol. The van der Waals surface area contributed by atoms with E-state index < -0.39 is 0 Å². The first-order valence-corrected chi connectivity index (χ1v) is 9.67. The number of aromatic nitrogens is 3. The van der Waals surface area contributed by atoms with E-state index in [0.717, 1.165) is 24.2 Å². The van der Waals surface area contributed by atoms with Crippen molar-refractivity contribution >= 4 is 17.5 Å². The molecule has 29 heavy (non-hydrogen) atoms. The molecule has 0 bridgehead atoms. The second kappa shape index (κ2) is 8.82. The summed E-state index contributed by atoms with van der Waals surface area (Å²) < 4.78 is 0. The molecule has 1 N–H and O–H groups in total. The first kappa shape index (κ1) is 20.5. The van der Waals surface area contributed by atoms with Crippen LogP contribution in [0.25, 0.3) is 0 Å². The van der Waals surface area contributed by atoms with Crippen molar-refractivity contribution in [3.05, 3.63) is 77.9 Å². The normalized spacial score (nSPS) is 11.2. The Morgan fingerprint density at radius 1 is 1.03 bits per heavy atom. The lowest BCUT2D eigenvalue weighted by molar-refractivity contribution is 0.102. The van der Waals surface area contributed by atoms with Crippen molar-refractivity contribution in [1.82, 2.24) is 15.0 Å². The van der Waals surface area contributed by atoms with Gasteiger partial charge in [-0.3, -0.25) is 9.78 Å². The first-order valence-electron chi connectivity index (χ1n) is 9.67. The number of amides is 1. The third kappa shape index (κ3) is 5.38. The summed E-state index contributed by atoms with van der Waals surface area (Å²) in [5, 5.41) is 2.99. The fraction of sp³-hybridized carbons (Fsp3) is 0.304. The first-order chi connectivity index (χ1) is 13.8. The number of para-hydroxylation sites is 1. The Bertz CT molecular complexity index is 949. The number of rotatable bonds is 6. The van der Waals surface area contributed by atoms with Gasteiger partial charge in [0.1, 0.15) is 0 Å². The Balaban J connectivity index is 1.65. The van der Waals surface area contributed by atoms with Crippen LogP contribution in [0.1, 0.15) is 42.3 Å². The second-order valence-electron chi connectivity index (χ2n) is 8.05. The summed E-state index contributed by atoms with van der Waals surface area (Å²) in [6, 6.07) is 11.8. The number of carbonyl (C=O) groups excluding carboxylic acids is 1. The average Bonchev–Trinajstić information content (AvgIpc) is 2.72. The molecule has 3 rings (SSSR count). The Morgan fingerprint density at radius 3 is 2.34 bits per heavy atom. The van der Waals surface area contributed by atoms with Crippen LogP contribution in [-0.4, -0.2) is 34.5 Å². The number of benzene rings is 1. The number of hydrogen-bond acceptors (Lipinski definition) is 5. The highest BCUT2D eigenvalue weighted by Gasteiger charge is 2.19. The quantitative estimate of drug-likeness (QED) is 0.687. The molecule has 0 aliphatic carbocycles. The van der Waals surface area contributed by atoms with Gasteiger partial charge in [0.25, 0.3) is 5.91 Å². The third-order valence-corrected chi connectivity index (χ3v) is 4.71. The third-order valence-electron chi connectivity index (χ3n) is 4.71. The van der Waals surface area contributed by atoms with Crippen LogP contribution >= 0.6 is 0 Å². The van der Waals surface area contributed by atoms with E-state index in [1.54, 1.807) is 24.8 Å². The number of nitrogens with zero attached hydrogens (tertiary/aromatic N) is 4. The van der Waals surface area contributed by atoms with Crippen molar-refractivity contribution in [2.45, 2.75) is 32.6 Å². The zero-order valence-electron chi connectivity index (χ0n) is 17.4. The number of nitrogens with one attached hydrogen (secondary N) is 1. The molecule has 6 nitrogen and oxygen atoms in total. The summed E-state index contributed by atoms with van der Waals surface area (Å²) in [6.07, 6.45) is 7.59. The van der Waals surface area contributed by atoms with Gasteiger partial charge < -0.3 is 10.2 Å². The standard InChI is InChI=1S/C23H27N5O/c1-23(2,3)19-7-5-6-8-20(19)27-21(29)18-15-25-22(26-16-18)28(4)14-11-17-9-12-24-13-10-17/h5-10,12-13,15-16H,11,14H2,1-4H3,(H,27,29). The predicted octanol–water partition coefficient (Wildman–Crippen LogP) is 4.10. The summed E-state index contributed by atoms with van der Waals surface area (Å²) in [7, 11) is 1.94. The highest BCUT2D eigenvalue weighted by molar-refractivity contribution is 6.04. The van der Waals surface area contributed by atoms with Crippen LogP contribution in [0.3, 0.4) is 0 Å². The molecule has 0 saturated heterocycles. The van der Waals surface area contributed by atoms with E-state index in [-0.39, 0.29) is 11.3 Å². The largest absolute Gasteiger partial charge is 0.344 e. The van der Waals surface area contributed by atoms with E-state index in [1.165, 1.54) is 5.56 Å². The molecule has 0 radical (unpaired) electrons. The summed E-state index contributed by atoms with van der Waals surface area (Å²) in [6.45, 7) is 7.14. The maximum absolute atomic E-state index is 12.7. The molecule has 2 aromatic heterocycles. The molecule has 6 heteroatoms. The second-order valence-corrected chi connectivity index (χ2v) is 8.05. The molecule has 2 heterocycles. The smallest absolute Gasteiger partial charge is 0.258 e. The van der Waals surface area contributed by atoms with Gasteiger partial charge in [0.05, 0.1) is 5.56 Å². The van der Waals surface area contributed by atoms with Gasteiger partial charge in [0.15, 0.2) is 0 Å². The molecule has 0 atom stereocenters. The highest BCUT2D eigenvalue weighted by atomic mass is 16.1. The van der Waals surface area contributed by atoms with Crippen LogP contribution in [0.5, 0.6) is 0 Å². The number of carbonyl (C=O) groups is 1. The molecule has 0 spiro atoms. The van der Waals surface area contributed by atoms with E-state index in [1.807, 2.05) is 48.3 Å². The lowest BCUT2D eigenvalue weighted by Crippen LogP contribution is -2.23. The maximum Gasteiger partial charge on any atom is 0.258 e. The van der Waals surface area contributed by atoms with Crippen LogP contribution in [0.4, 0.5) is 11.6 Å². The number of hydrogen-bond donors (Lipinski definition) is 1. The van der Waals surface area contributed by atoms with Gasteiger partial charge in [-0.2, -0.15) is 0 Å². The van der Waals surface area contributed by atoms with E-state index in [0.29, 0.717) is 11.5 Å². The van der Waals surface area contributed by atoms with Gasteiger partial charge in [-0.1, -0.05) is 39.0 Å². The highest BCUT2D eigenvalue weighted by Crippen LogP contribution is 2.29. The Hall–Kier alpha value is -3.28. The molecule has 3 aromatic rings. The molecule has 1 aromatic carbocycles. The minimum Gasteiger partial charge on any atom is -0.344 e. The molecular formula is C23H27N5O. The van der Waals surface area contributed by atoms with Crippen LogP contribution in [0.15, 0.2) is 61.2 Å². The summed E-state index contributed by atoms with van der Waals surface area (Å²) in [5.41, 5.74) is 3.47. The maximum atomic E-state index is 12.7. The van der Waals surface area contributed by atoms with Crippen LogP contribution in [0.2, 0.25) is 0 Å². The van der Waals surface area contributed by atoms with E-state index in [4.69, 9.17) is 0 Å². The lowest BCUT2D eigenvalue weighted by atomic mass is 9.86. The average molecular weight is 390 g/mol. The van der Waals surface area contributed by atoms with Crippen molar-refractivity contribution < 1.29 is 4.79 Å². The van der Waals surface area contributed by atoms with E-state index in [9.17, 15) is 4.79 Å². The van der Waals surface area contributed by atoms with Crippen molar-refractivity contribution in [2.75, 3.05) is 23.8 Å². The van der Waals surface area contributed by atoms with Gasteiger partial charge in [-0.05, 0) is 41.2 Å². The Labute approximate surface area is 172 Å². The SMILES string of the molecule is CN(CCc1ccncc1)c1ncc(C(=O)Nc2ccccc2C(C)(C)C)cn1. The zero-order valence-corrected chi connectivity index (χ0v) is 17.4. The van der Waals surface area contributed by atoms with Gasteiger partial charge in [0.2, 0.25) is 5.95 Å². The van der Waals surface area contributed by atoms with Crippen LogP contribution in [0, 0.1) is 0 Å². The van der Waals surface area contributed by atoms with Crippen LogP contribution in [-0.2, 0) is 11.8 Å². The zero-order chi connectivity index (χ0) is 20.9. The molecular weight excluding hydrogens is 362 g/mol. The van der Waals surface area contributed by atoms with E-state index >= 15 is 0 Å². The molecule has 0 aliphatic rings. The minimum atomic E-state index is -0.215. The van der Waals surface area contributed by atoms with Crippen molar-refractivity contribution in [3.63, 3.8) is 0 Å². The molecule has 0 saturated carbocycles. The van der Waals surface area contributed by atoms with Crippen LogP contribution < -0.4 is 10.2 Å². The predicted molar refractivity (Wildman–Crippen MR) is 116 cm³/mol. The van der Waals surface area contributed by atoms with Crippen molar-refractivity contribution in [2.24, 2.45) is 0 Å². The van der Waals surface area contributed by atoms with Gasteiger partial charge in [0, 0.05) is 44.1 Å². The molecule has 0 aliphatic heterocycles. The molecule has 0 fully saturated rings. The topological polar surface area (TPSA) is 71.0 Å². The number of likely N-dealkylation sites (N-methyl/N-ethyl adjacent to an activating group) is 1. The van der Waals surface area contributed by atoms with Crippen molar-refractivity contribution in [1.29, 1.82) is 0 Å². The summed E-state index contributed by atoms with van der Waals surface area (Å²) >= 11 is 0. The summed E-state index contributed by atoms with van der Waals surface area (Å²) in [4.78, 5) is 27.4. The van der Waals surface area contributed by atoms with Crippen molar-refractivity contribution in [3.8, 4) is 0 Å². The minimum absolute atomic E-state index is 0.0677. The molecule has 150 valence electrons. The Kier molecular flexibility index (Phi) is 6.22. The lowest BCUT2D eigenvalue weighted by Gasteiger charge is -2.23.